The van der Waals surface area contributed by atoms with Crippen LogP contribution in [0.2, 0.25) is 0 Å². The van der Waals surface area contributed by atoms with E-state index < -0.39 is 0 Å². The summed E-state index contributed by atoms with van der Waals surface area (Å²) in [5.74, 6) is 2.63. The molecule has 3 atom stereocenters. The van der Waals surface area contributed by atoms with Crippen molar-refractivity contribution in [1.29, 1.82) is 0 Å². The highest BCUT2D eigenvalue weighted by Crippen LogP contribution is 2.44. The summed E-state index contributed by atoms with van der Waals surface area (Å²) in [5.41, 5.74) is 0. The molecule has 1 aliphatic carbocycles. The van der Waals surface area contributed by atoms with Gasteiger partial charge in [0, 0.05) is 0 Å². The Morgan fingerprint density at radius 3 is 2.30 bits per heavy atom. The molecule has 0 aromatic heterocycles. The maximum atomic E-state index is 5.63. The molecular weight excluding hydrogens is 124 g/mol. The van der Waals surface area contributed by atoms with Crippen molar-refractivity contribution in [2.45, 2.75) is 32.8 Å². The van der Waals surface area contributed by atoms with E-state index in [0.29, 0.717) is 6.10 Å². The highest BCUT2D eigenvalue weighted by molar-refractivity contribution is 4.92. The molecule has 3 unspecified atom stereocenters. The first-order valence-corrected chi connectivity index (χ1v) is 4.40. The van der Waals surface area contributed by atoms with Crippen LogP contribution in [0.15, 0.2) is 0 Å². The standard InChI is InChI=1S/C9H16O/c1-6(2)9-7-3-4-8(9)10-5-7/h6-9H,3-5H2,1-2H3. The summed E-state index contributed by atoms with van der Waals surface area (Å²) in [4.78, 5) is 0. The van der Waals surface area contributed by atoms with Gasteiger partial charge in [0.2, 0.25) is 0 Å². The summed E-state index contributed by atoms with van der Waals surface area (Å²) >= 11 is 0. The third-order valence-corrected chi connectivity index (χ3v) is 3.09. The van der Waals surface area contributed by atoms with Crippen LogP contribution >= 0.6 is 0 Å². The lowest BCUT2D eigenvalue weighted by atomic mass is 9.87. The number of hydrogen-bond donors (Lipinski definition) is 0. The Labute approximate surface area is 62.8 Å². The minimum atomic E-state index is 0.630. The van der Waals surface area contributed by atoms with Crippen LogP contribution in [0.5, 0.6) is 0 Å². The molecular formula is C9H16O. The van der Waals surface area contributed by atoms with E-state index in [0.717, 1.165) is 24.4 Å². The van der Waals surface area contributed by atoms with Crippen LogP contribution in [0.4, 0.5) is 0 Å². The molecule has 0 aromatic rings. The van der Waals surface area contributed by atoms with Crippen LogP contribution in [-0.4, -0.2) is 12.7 Å². The maximum Gasteiger partial charge on any atom is 0.0609 e. The van der Waals surface area contributed by atoms with Gasteiger partial charge in [-0.1, -0.05) is 13.8 Å². The Morgan fingerprint density at radius 2 is 2.10 bits per heavy atom. The molecule has 2 fully saturated rings. The van der Waals surface area contributed by atoms with Gasteiger partial charge in [-0.25, -0.2) is 0 Å². The van der Waals surface area contributed by atoms with E-state index in [9.17, 15) is 0 Å². The molecule has 0 amide bonds. The fourth-order valence-corrected chi connectivity index (χ4v) is 2.68. The largest absolute Gasteiger partial charge is 0.378 e. The molecule has 1 heteroatoms. The van der Waals surface area contributed by atoms with Gasteiger partial charge in [0.25, 0.3) is 0 Å². The van der Waals surface area contributed by atoms with Gasteiger partial charge < -0.3 is 4.74 Å². The summed E-state index contributed by atoms with van der Waals surface area (Å²) in [5, 5.41) is 0. The maximum absolute atomic E-state index is 5.63. The van der Waals surface area contributed by atoms with Crippen LogP contribution in [0, 0.1) is 17.8 Å². The number of fused-ring (bicyclic) bond motifs is 2. The van der Waals surface area contributed by atoms with Crippen LogP contribution in [-0.2, 0) is 4.74 Å². The molecule has 2 bridgehead atoms. The normalized spacial score (nSPS) is 45.3. The van der Waals surface area contributed by atoms with Gasteiger partial charge in [-0.15, -0.1) is 0 Å². The topological polar surface area (TPSA) is 9.23 Å². The zero-order valence-electron chi connectivity index (χ0n) is 6.84. The predicted octanol–water partition coefficient (Wildman–Crippen LogP) is 2.07. The van der Waals surface area contributed by atoms with E-state index in [1.54, 1.807) is 0 Å². The third-order valence-electron chi connectivity index (χ3n) is 3.09. The summed E-state index contributed by atoms with van der Waals surface area (Å²) in [6.07, 6.45) is 3.38. The minimum Gasteiger partial charge on any atom is -0.378 e. The smallest absolute Gasteiger partial charge is 0.0609 e. The van der Waals surface area contributed by atoms with Gasteiger partial charge in [0.15, 0.2) is 0 Å². The lowest BCUT2D eigenvalue weighted by Crippen LogP contribution is -2.17. The van der Waals surface area contributed by atoms with Gasteiger partial charge >= 0.3 is 0 Å². The van der Waals surface area contributed by atoms with Crippen molar-refractivity contribution in [3.8, 4) is 0 Å². The number of hydrogen-bond acceptors (Lipinski definition) is 1. The Morgan fingerprint density at radius 1 is 1.30 bits per heavy atom. The van der Waals surface area contributed by atoms with Crippen molar-refractivity contribution >= 4 is 0 Å². The molecule has 0 spiro atoms. The summed E-state index contributed by atoms with van der Waals surface area (Å²) in [6.45, 7) is 5.70. The van der Waals surface area contributed by atoms with E-state index in [1.165, 1.54) is 12.8 Å². The van der Waals surface area contributed by atoms with Crippen LogP contribution in [0.1, 0.15) is 26.7 Å². The quantitative estimate of drug-likeness (QED) is 0.541. The second-order valence-electron chi connectivity index (χ2n) is 4.03. The average Bonchev–Trinajstić information content (AvgIpc) is 2.43. The van der Waals surface area contributed by atoms with E-state index in [1.807, 2.05) is 0 Å². The SMILES string of the molecule is CC(C)C1C2CCC1OC2. The Balaban J connectivity index is 2.09. The molecule has 1 heterocycles. The Bertz CT molecular complexity index is 111. The molecule has 2 aliphatic rings. The van der Waals surface area contributed by atoms with E-state index in [4.69, 9.17) is 4.74 Å². The first-order chi connectivity index (χ1) is 4.79. The van der Waals surface area contributed by atoms with Crippen molar-refractivity contribution in [2.24, 2.45) is 17.8 Å². The molecule has 0 radical (unpaired) electrons. The first kappa shape index (κ1) is 6.66. The van der Waals surface area contributed by atoms with Crippen molar-refractivity contribution in [2.75, 3.05) is 6.61 Å². The number of rotatable bonds is 1. The van der Waals surface area contributed by atoms with Crippen molar-refractivity contribution in [3.05, 3.63) is 0 Å². The van der Waals surface area contributed by atoms with Gasteiger partial charge in [0.1, 0.15) is 0 Å². The van der Waals surface area contributed by atoms with Gasteiger partial charge in [-0.2, -0.15) is 0 Å². The summed E-state index contributed by atoms with van der Waals surface area (Å²) in [7, 11) is 0. The van der Waals surface area contributed by atoms with Crippen molar-refractivity contribution < 1.29 is 4.74 Å². The molecule has 58 valence electrons. The first-order valence-electron chi connectivity index (χ1n) is 4.40. The predicted molar refractivity (Wildman–Crippen MR) is 40.8 cm³/mol. The zero-order chi connectivity index (χ0) is 7.14. The molecule has 1 nitrogen and oxygen atoms in total. The molecule has 2 rings (SSSR count). The van der Waals surface area contributed by atoms with E-state index in [-0.39, 0.29) is 0 Å². The molecule has 10 heavy (non-hydrogen) atoms. The average molecular weight is 140 g/mol. The van der Waals surface area contributed by atoms with E-state index >= 15 is 0 Å². The molecule has 1 aliphatic heterocycles. The van der Waals surface area contributed by atoms with Crippen LogP contribution in [0.3, 0.4) is 0 Å². The fraction of sp³-hybridized carbons (Fsp3) is 1.00. The summed E-state index contributed by atoms with van der Waals surface area (Å²) < 4.78 is 5.63. The van der Waals surface area contributed by atoms with Gasteiger partial charge in [-0.3, -0.25) is 0 Å². The fourth-order valence-electron chi connectivity index (χ4n) is 2.68. The molecule has 1 saturated carbocycles. The Hall–Kier alpha value is -0.0400. The molecule has 1 saturated heterocycles. The highest BCUT2D eigenvalue weighted by Gasteiger charge is 2.43. The van der Waals surface area contributed by atoms with E-state index in [2.05, 4.69) is 13.8 Å². The molecule has 0 aromatic carbocycles. The second kappa shape index (κ2) is 2.23. The van der Waals surface area contributed by atoms with Crippen molar-refractivity contribution in [1.82, 2.24) is 0 Å². The zero-order valence-corrected chi connectivity index (χ0v) is 6.84. The number of ether oxygens (including phenoxy) is 1. The summed E-state index contributed by atoms with van der Waals surface area (Å²) in [6, 6.07) is 0. The lowest BCUT2D eigenvalue weighted by Gasteiger charge is -2.17. The highest BCUT2D eigenvalue weighted by atomic mass is 16.5. The lowest BCUT2D eigenvalue weighted by molar-refractivity contribution is 0.0648. The van der Waals surface area contributed by atoms with Crippen LogP contribution in [0.25, 0.3) is 0 Å². The third kappa shape index (κ3) is 0.800. The van der Waals surface area contributed by atoms with Crippen LogP contribution < -0.4 is 0 Å². The van der Waals surface area contributed by atoms with Gasteiger partial charge in [-0.05, 0) is 30.6 Å². The second-order valence-corrected chi connectivity index (χ2v) is 4.03. The van der Waals surface area contributed by atoms with Gasteiger partial charge in [0.05, 0.1) is 12.7 Å². The van der Waals surface area contributed by atoms with Crippen molar-refractivity contribution in [3.63, 3.8) is 0 Å². The molecule has 0 N–H and O–H groups in total. The minimum absolute atomic E-state index is 0.630. The monoisotopic (exact) mass is 140 g/mol. The Kier molecular flexibility index (Phi) is 1.48.